The fourth-order valence-corrected chi connectivity index (χ4v) is 3.35. The molecule has 0 bridgehead atoms. The van der Waals surface area contributed by atoms with E-state index >= 15 is 0 Å². The molecule has 0 unspecified atom stereocenters. The Balaban J connectivity index is 1.75. The van der Waals surface area contributed by atoms with Crippen molar-refractivity contribution in [2.24, 2.45) is 5.92 Å². The number of anilines is 3. The summed E-state index contributed by atoms with van der Waals surface area (Å²) in [5.41, 5.74) is 2.41. The van der Waals surface area contributed by atoms with Crippen molar-refractivity contribution in [1.82, 2.24) is 20.1 Å². The minimum Gasteiger partial charge on any atom is -0.492 e. The maximum Gasteiger partial charge on any atom is 0.254 e. The summed E-state index contributed by atoms with van der Waals surface area (Å²) in [6.45, 7) is 2.70. The smallest absolute Gasteiger partial charge is 0.254 e. The van der Waals surface area contributed by atoms with Crippen LogP contribution in [0.15, 0.2) is 30.6 Å². The Morgan fingerprint density at radius 2 is 2.03 bits per heavy atom. The highest BCUT2D eigenvalue weighted by Crippen LogP contribution is 2.37. The van der Waals surface area contributed by atoms with Crippen LogP contribution < -0.4 is 20.7 Å². The Morgan fingerprint density at radius 1 is 1.23 bits per heavy atom. The van der Waals surface area contributed by atoms with E-state index in [1.807, 2.05) is 23.7 Å². The second-order valence-corrected chi connectivity index (χ2v) is 7.13. The summed E-state index contributed by atoms with van der Waals surface area (Å²) in [5.74, 6) is 0.727. The Hall–Kier alpha value is -3.62. The number of carbonyl (C=O) groups is 2. The molecule has 9 nitrogen and oxygen atoms in total. The molecule has 1 aliphatic rings. The summed E-state index contributed by atoms with van der Waals surface area (Å²) in [4.78, 5) is 28.7. The van der Waals surface area contributed by atoms with E-state index in [1.54, 1.807) is 26.4 Å². The number of pyridine rings is 1. The van der Waals surface area contributed by atoms with Crippen molar-refractivity contribution in [3.05, 3.63) is 36.2 Å². The summed E-state index contributed by atoms with van der Waals surface area (Å²) in [5, 5.41) is 14.1. The molecule has 4 rings (SSSR count). The van der Waals surface area contributed by atoms with Crippen LogP contribution in [-0.2, 0) is 11.3 Å². The zero-order chi connectivity index (χ0) is 21.3. The van der Waals surface area contributed by atoms with Gasteiger partial charge in [-0.1, -0.05) is 0 Å². The molecular formula is C21H24N6O3. The zero-order valence-corrected chi connectivity index (χ0v) is 17.2. The molecule has 0 aliphatic heterocycles. The number of carbonyl (C=O) groups excluding carboxylic acids is 2. The van der Waals surface area contributed by atoms with Gasteiger partial charge < -0.3 is 20.7 Å². The van der Waals surface area contributed by atoms with Crippen LogP contribution >= 0.6 is 0 Å². The number of nitrogens with zero attached hydrogens (tertiary/aromatic N) is 3. The van der Waals surface area contributed by atoms with Gasteiger partial charge in [0.25, 0.3) is 5.91 Å². The lowest BCUT2D eigenvalue weighted by atomic mass is 10.1. The number of hydrogen-bond acceptors (Lipinski definition) is 6. The quantitative estimate of drug-likeness (QED) is 0.554. The molecule has 3 N–H and O–H groups in total. The van der Waals surface area contributed by atoms with Crippen LogP contribution in [0.4, 0.5) is 17.2 Å². The van der Waals surface area contributed by atoms with Crippen molar-refractivity contribution < 1.29 is 14.3 Å². The van der Waals surface area contributed by atoms with Gasteiger partial charge >= 0.3 is 0 Å². The third-order valence-corrected chi connectivity index (χ3v) is 5.11. The van der Waals surface area contributed by atoms with Crippen molar-refractivity contribution in [1.29, 1.82) is 0 Å². The Labute approximate surface area is 173 Å². The van der Waals surface area contributed by atoms with Gasteiger partial charge in [0.2, 0.25) is 5.91 Å². The van der Waals surface area contributed by atoms with Crippen LogP contribution in [0, 0.1) is 5.92 Å². The van der Waals surface area contributed by atoms with Crippen LogP contribution in [-0.4, -0.2) is 40.7 Å². The molecule has 1 fully saturated rings. The van der Waals surface area contributed by atoms with Crippen molar-refractivity contribution in [2.75, 3.05) is 24.8 Å². The van der Waals surface area contributed by atoms with E-state index in [4.69, 9.17) is 4.74 Å². The van der Waals surface area contributed by atoms with E-state index in [1.165, 1.54) is 6.20 Å². The van der Waals surface area contributed by atoms with Crippen molar-refractivity contribution in [3.63, 3.8) is 0 Å². The largest absolute Gasteiger partial charge is 0.492 e. The highest BCUT2D eigenvalue weighted by Gasteiger charge is 2.30. The molecular weight excluding hydrogens is 384 g/mol. The van der Waals surface area contributed by atoms with Crippen molar-refractivity contribution in [2.45, 2.75) is 26.3 Å². The lowest BCUT2D eigenvalue weighted by molar-refractivity contribution is -0.117. The van der Waals surface area contributed by atoms with Gasteiger partial charge in [0, 0.05) is 37.2 Å². The van der Waals surface area contributed by atoms with E-state index < -0.39 is 0 Å². The SMILES string of the molecule is CCn1ncc2ccc(Nc3cc(NC(=O)C4CC4)ncc3C(=O)NC)c(OC)c21. The molecule has 9 heteroatoms. The number of benzene rings is 1. The summed E-state index contributed by atoms with van der Waals surface area (Å²) in [6.07, 6.45) is 5.04. The summed E-state index contributed by atoms with van der Waals surface area (Å²) in [6, 6.07) is 5.47. The number of rotatable bonds is 7. The third-order valence-electron chi connectivity index (χ3n) is 5.11. The highest BCUT2D eigenvalue weighted by molar-refractivity contribution is 6.02. The third kappa shape index (κ3) is 3.66. The van der Waals surface area contributed by atoms with Gasteiger partial charge in [-0.2, -0.15) is 5.10 Å². The Morgan fingerprint density at radius 3 is 2.70 bits per heavy atom. The maximum atomic E-state index is 12.4. The van der Waals surface area contributed by atoms with Gasteiger partial charge in [0.15, 0.2) is 5.75 Å². The van der Waals surface area contributed by atoms with Crippen LogP contribution in [0.5, 0.6) is 5.75 Å². The van der Waals surface area contributed by atoms with Crippen molar-refractivity contribution >= 4 is 39.9 Å². The predicted molar refractivity (Wildman–Crippen MR) is 114 cm³/mol. The van der Waals surface area contributed by atoms with E-state index in [0.717, 1.165) is 23.7 Å². The molecule has 30 heavy (non-hydrogen) atoms. The van der Waals surface area contributed by atoms with E-state index in [-0.39, 0.29) is 17.7 Å². The molecule has 0 radical (unpaired) electrons. The maximum absolute atomic E-state index is 12.4. The fourth-order valence-electron chi connectivity index (χ4n) is 3.35. The molecule has 0 spiro atoms. The summed E-state index contributed by atoms with van der Waals surface area (Å²) in [7, 11) is 3.15. The minimum atomic E-state index is -0.288. The molecule has 1 saturated carbocycles. The topological polar surface area (TPSA) is 110 Å². The number of ether oxygens (including phenoxy) is 1. The predicted octanol–water partition coefficient (Wildman–Crippen LogP) is 2.91. The number of amides is 2. The first-order valence-corrected chi connectivity index (χ1v) is 9.88. The van der Waals surface area contributed by atoms with Gasteiger partial charge in [0.05, 0.1) is 30.2 Å². The highest BCUT2D eigenvalue weighted by atomic mass is 16.5. The number of nitrogens with one attached hydrogen (secondary N) is 3. The fraction of sp³-hybridized carbons (Fsp3) is 0.333. The summed E-state index contributed by atoms with van der Waals surface area (Å²) >= 11 is 0. The first-order valence-electron chi connectivity index (χ1n) is 9.88. The molecule has 2 amide bonds. The second kappa shape index (κ2) is 8.02. The molecule has 1 aliphatic carbocycles. The molecule has 156 valence electrons. The van der Waals surface area contributed by atoms with E-state index in [0.29, 0.717) is 35.1 Å². The van der Waals surface area contributed by atoms with Gasteiger partial charge in [-0.15, -0.1) is 0 Å². The molecule has 2 aromatic heterocycles. The minimum absolute atomic E-state index is 0.0491. The standard InChI is InChI=1S/C21H24N6O3/c1-4-27-18-13(10-24-27)7-8-15(19(18)30-3)25-16-9-17(26-20(28)12-5-6-12)23-11-14(16)21(29)22-2/h7-12H,4-6H2,1-3H3,(H,22,29)(H2,23,25,26,28). The second-order valence-electron chi connectivity index (χ2n) is 7.13. The summed E-state index contributed by atoms with van der Waals surface area (Å²) < 4.78 is 7.54. The lowest BCUT2D eigenvalue weighted by Gasteiger charge is -2.16. The van der Waals surface area contributed by atoms with E-state index in [2.05, 4.69) is 26.0 Å². The first kappa shape index (κ1) is 19.7. The first-order chi connectivity index (χ1) is 14.5. The number of aromatic nitrogens is 3. The van der Waals surface area contributed by atoms with Gasteiger partial charge in [-0.25, -0.2) is 4.98 Å². The number of aryl methyl sites for hydroxylation is 1. The number of fused-ring (bicyclic) bond motifs is 1. The normalized spacial score (nSPS) is 13.2. The monoisotopic (exact) mass is 408 g/mol. The lowest BCUT2D eigenvalue weighted by Crippen LogP contribution is -2.20. The van der Waals surface area contributed by atoms with Crippen molar-refractivity contribution in [3.8, 4) is 5.75 Å². The molecule has 2 heterocycles. The van der Waals surface area contributed by atoms with E-state index in [9.17, 15) is 9.59 Å². The van der Waals surface area contributed by atoms with Crippen LogP contribution in [0.25, 0.3) is 10.9 Å². The molecule has 0 atom stereocenters. The van der Waals surface area contributed by atoms with Gasteiger partial charge in [0.1, 0.15) is 11.3 Å². The zero-order valence-electron chi connectivity index (χ0n) is 17.2. The van der Waals surface area contributed by atoms with Gasteiger partial charge in [-0.3, -0.25) is 14.3 Å². The number of hydrogen-bond donors (Lipinski definition) is 3. The Bertz CT molecular complexity index is 1120. The average Bonchev–Trinajstić information content (AvgIpc) is 3.53. The molecule has 1 aromatic carbocycles. The van der Waals surface area contributed by atoms with Crippen LogP contribution in [0.3, 0.4) is 0 Å². The Kier molecular flexibility index (Phi) is 5.26. The van der Waals surface area contributed by atoms with Crippen LogP contribution in [0.1, 0.15) is 30.1 Å². The van der Waals surface area contributed by atoms with Crippen LogP contribution in [0.2, 0.25) is 0 Å². The average molecular weight is 408 g/mol. The number of methoxy groups -OCH3 is 1. The molecule has 0 saturated heterocycles. The van der Waals surface area contributed by atoms with Gasteiger partial charge in [-0.05, 0) is 31.9 Å². The molecule has 3 aromatic rings.